The molecule has 5 rings (SSSR count). The zero-order chi connectivity index (χ0) is 23.5. The van der Waals surface area contributed by atoms with Crippen molar-refractivity contribution < 1.29 is 9.45 Å². The zero-order valence-corrected chi connectivity index (χ0v) is 19.2. The molecular formula is C25H17ClN4O3S. The van der Waals surface area contributed by atoms with Crippen molar-refractivity contribution in [2.24, 2.45) is 0 Å². The molecule has 0 atom stereocenters. The summed E-state index contributed by atoms with van der Waals surface area (Å²) in [5.41, 5.74) is 3.69. The minimum atomic E-state index is -0.430. The minimum absolute atomic E-state index is 0.0182. The second kappa shape index (κ2) is 9.46. The number of benzene rings is 3. The maximum absolute atomic E-state index is 11.3. The molecule has 2 heterocycles. The summed E-state index contributed by atoms with van der Waals surface area (Å²) >= 11 is 7.60. The molecule has 0 aliphatic rings. The highest BCUT2D eigenvalue weighted by atomic mass is 35.5. The second-order valence-corrected chi connectivity index (χ2v) is 8.81. The van der Waals surface area contributed by atoms with Gasteiger partial charge in [0, 0.05) is 22.7 Å². The molecular weight excluding hydrogens is 472 g/mol. The lowest BCUT2D eigenvalue weighted by molar-refractivity contribution is -0.384. The van der Waals surface area contributed by atoms with Crippen LogP contribution in [0.4, 0.5) is 10.8 Å². The molecule has 7 nitrogen and oxygen atoms in total. The molecule has 2 aromatic heterocycles. The number of thiazole rings is 1. The van der Waals surface area contributed by atoms with Crippen molar-refractivity contribution >= 4 is 33.8 Å². The summed E-state index contributed by atoms with van der Waals surface area (Å²) in [4.78, 5) is 16.7. The maximum atomic E-state index is 11.3. The van der Waals surface area contributed by atoms with E-state index in [0.29, 0.717) is 33.7 Å². The van der Waals surface area contributed by atoms with Crippen LogP contribution in [0.3, 0.4) is 0 Å². The summed E-state index contributed by atoms with van der Waals surface area (Å²) < 4.78 is 5.42. The number of rotatable bonds is 7. The van der Waals surface area contributed by atoms with Gasteiger partial charge in [0.1, 0.15) is 5.69 Å². The molecule has 0 spiro atoms. The lowest BCUT2D eigenvalue weighted by Gasteiger charge is -2.02. The summed E-state index contributed by atoms with van der Waals surface area (Å²) in [5, 5.41) is 20.0. The lowest BCUT2D eigenvalue weighted by atomic mass is 10.1. The Labute approximate surface area is 203 Å². The van der Waals surface area contributed by atoms with Crippen LogP contribution in [0, 0.1) is 10.1 Å². The quantitative estimate of drug-likeness (QED) is 0.191. The van der Waals surface area contributed by atoms with E-state index >= 15 is 0 Å². The SMILES string of the molecule is O=[N+]([O-])c1ccccc1-c1cc(CNc2nc(-c3ccc(Cl)cc3)c(-c3ccccc3)s2)on1. The molecule has 0 aliphatic carbocycles. The predicted molar refractivity (Wildman–Crippen MR) is 134 cm³/mol. The molecule has 0 unspecified atom stereocenters. The fourth-order valence-corrected chi connectivity index (χ4v) is 4.63. The van der Waals surface area contributed by atoms with E-state index in [-0.39, 0.29) is 5.69 Å². The molecule has 0 bridgehead atoms. The van der Waals surface area contributed by atoms with Crippen LogP contribution >= 0.6 is 22.9 Å². The summed E-state index contributed by atoms with van der Waals surface area (Å²) in [6, 6.07) is 25.8. The predicted octanol–water partition coefficient (Wildman–Crippen LogP) is 7.31. The fraction of sp³-hybridized carbons (Fsp3) is 0.0400. The van der Waals surface area contributed by atoms with Crippen molar-refractivity contribution in [2.75, 3.05) is 5.32 Å². The maximum Gasteiger partial charge on any atom is 0.278 e. The van der Waals surface area contributed by atoms with Crippen molar-refractivity contribution in [1.29, 1.82) is 0 Å². The van der Waals surface area contributed by atoms with Crippen LogP contribution in [0.5, 0.6) is 0 Å². The summed E-state index contributed by atoms with van der Waals surface area (Å²) in [6.07, 6.45) is 0. The highest BCUT2D eigenvalue weighted by molar-refractivity contribution is 7.19. The van der Waals surface area contributed by atoms with Gasteiger partial charge in [-0.1, -0.05) is 82.7 Å². The summed E-state index contributed by atoms with van der Waals surface area (Å²) in [5.74, 6) is 0.539. The Morgan fingerprint density at radius 2 is 1.71 bits per heavy atom. The lowest BCUT2D eigenvalue weighted by Crippen LogP contribution is -1.97. The van der Waals surface area contributed by atoms with Gasteiger partial charge in [-0.15, -0.1) is 0 Å². The molecule has 0 amide bonds. The van der Waals surface area contributed by atoms with Crippen molar-refractivity contribution in [2.45, 2.75) is 6.54 Å². The topological polar surface area (TPSA) is 94.1 Å². The molecule has 0 radical (unpaired) electrons. The van der Waals surface area contributed by atoms with Gasteiger partial charge < -0.3 is 9.84 Å². The number of hydrogen-bond donors (Lipinski definition) is 1. The van der Waals surface area contributed by atoms with Gasteiger partial charge in [-0.25, -0.2) is 4.98 Å². The van der Waals surface area contributed by atoms with E-state index in [4.69, 9.17) is 21.1 Å². The average Bonchev–Trinajstić information content (AvgIpc) is 3.51. The van der Waals surface area contributed by atoms with Crippen molar-refractivity contribution in [1.82, 2.24) is 10.1 Å². The number of nitro groups is 1. The van der Waals surface area contributed by atoms with E-state index in [9.17, 15) is 10.1 Å². The molecule has 5 aromatic rings. The third kappa shape index (κ3) is 4.54. The van der Waals surface area contributed by atoms with Crippen LogP contribution < -0.4 is 5.32 Å². The highest BCUT2D eigenvalue weighted by Gasteiger charge is 2.19. The standard InChI is InChI=1S/C25H17ClN4O3S/c26-18-12-10-16(11-13-18)23-24(17-6-2-1-3-7-17)34-25(28-23)27-15-19-14-21(29-33-19)20-8-4-5-9-22(20)30(31)32/h1-14H,15H2,(H,27,28). The van der Waals surface area contributed by atoms with Gasteiger partial charge in [-0.3, -0.25) is 10.1 Å². The van der Waals surface area contributed by atoms with Gasteiger partial charge in [-0.2, -0.15) is 0 Å². The number of nitrogens with one attached hydrogen (secondary N) is 1. The summed E-state index contributed by atoms with van der Waals surface area (Å²) in [6.45, 7) is 0.329. The first-order valence-corrected chi connectivity index (χ1v) is 11.5. The van der Waals surface area contributed by atoms with Gasteiger partial charge in [0.2, 0.25) is 0 Å². The minimum Gasteiger partial charge on any atom is -0.359 e. The number of anilines is 1. The zero-order valence-electron chi connectivity index (χ0n) is 17.6. The Bertz CT molecular complexity index is 1450. The van der Waals surface area contributed by atoms with Crippen LogP contribution in [0.25, 0.3) is 33.0 Å². The number of para-hydroxylation sites is 1. The smallest absolute Gasteiger partial charge is 0.278 e. The average molecular weight is 489 g/mol. The second-order valence-electron chi connectivity index (χ2n) is 7.38. The first kappa shape index (κ1) is 21.8. The normalized spacial score (nSPS) is 10.9. The van der Waals surface area contributed by atoms with Crippen molar-refractivity contribution in [3.8, 4) is 33.0 Å². The molecule has 1 N–H and O–H groups in total. The number of nitro benzene ring substituents is 1. The van der Waals surface area contributed by atoms with Crippen molar-refractivity contribution in [3.63, 3.8) is 0 Å². The fourth-order valence-electron chi connectivity index (χ4n) is 3.52. The first-order valence-electron chi connectivity index (χ1n) is 10.3. The first-order chi connectivity index (χ1) is 16.6. The van der Waals surface area contributed by atoms with E-state index in [2.05, 4.69) is 10.5 Å². The molecule has 0 aliphatic heterocycles. The monoisotopic (exact) mass is 488 g/mol. The van der Waals surface area contributed by atoms with E-state index in [0.717, 1.165) is 21.7 Å². The molecule has 0 fully saturated rings. The van der Waals surface area contributed by atoms with Crippen LogP contribution in [0.15, 0.2) is 89.5 Å². The van der Waals surface area contributed by atoms with E-state index in [1.807, 2.05) is 54.6 Å². The van der Waals surface area contributed by atoms with Gasteiger partial charge in [0.25, 0.3) is 5.69 Å². The van der Waals surface area contributed by atoms with E-state index in [1.54, 1.807) is 24.3 Å². The van der Waals surface area contributed by atoms with Gasteiger partial charge in [0.15, 0.2) is 10.9 Å². The number of hydrogen-bond acceptors (Lipinski definition) is 7. The number of aromatic nitrogens is 2. The van der Waals surface area contributed by atoms with Crippen LogP contribution in [0.1, 0.15) is 5.76 Å². The largest absolute Gasteiger partial charge is 0.359 e. The third-order valence-corrected chi connectivity index (χ3v) is 6.44. The van der Waals surface area contributed by atoms with Crippen molar-refractivity contribution in [3.05, 3.63) is 106 Å². The molecule has 34 heavy (non-hydrogen) atoms. The number of nitrogens with zero attached hydrogens (tertiary/aromatic N) is 3. The van der Waals surface area contributed by atoms with E-state index < -0.39 is 4.92 Å². The van der Waals surface area contributed by atoms with E-state index in [1.165, 1.54) is 17.4 Å². The summed E-state index contributed by atoms with van der Waals surface area (Å²) in [7, 11) is 0. The van der Waals surface area contributed by atoms with Gasteiger partial charge >= 0.3 is 0 Å². The molecule has 168 valence electrons. The van der Waals surface area contributed by atoms with Crippen LogP contribution in [-0.2, 0) is 6.54 Å². The van der Waals surface area contributed by atoms with Crippen LogP contribution in [0.2, 0.25) is 5.02 Å². The Balaban J connectivity index is 1.41. The molecule has 0 saturated carbocycles. The van der Waals surface area contributed by atoms with Gasteiger partial charge in [-0.05, 0) is 23.8 Å². The van der Waals surface area contributed by atoms with Gasteiger partial charge in [0.05, 0.1) is 27.6 Å². The van der Waals surface area contributed by atoms with Crippen LogP contribution in [-0.4, -0.2) is 15.1 Å². The Kier molecular flexibility index (Phi) is 6.07. The highest BCUT2D eigenvalue weighted by Crippen LogP contribution is 2.39. The Hall–Kier alpha value is -4.01. The Morgan fingerprint density at radius 3 is 2.47 bits per heavy atom. The number of halogens is 1. The third-order valence-electron chi connectivity index (χ3n) is 5.13. The molecule has 9 heteroatoms. The molecule has 0 saturated heterocycles. The molecule has 3 aromatic carbocycles. The Morgan fingerprint density at radius 1 is 0.971 bits per heavy atom.